The number of halogens is 1. The van der Waals surface area contributed by atoms with Gasteiger partial charge in [0.25, 0.3) is 0 Å². The number of ketones is 1. The number of benzene rings is 4. The molecule has 0 amide bonds. The Morgan fingerprint density at radius 3 is 2.50 bits per heavy atom. The predicted molar refractivity (Wildman–Crippen MR) is 149 cm³/mol. The molecule has 0 saturated carbocycles. The Morgan fingerprint density at radius 1 is 0.861 bits per heavy atom. The van der Waals surface area contributed by atoms with Crippen LogP contribution in [0.25, 0.3) is 27.2 Å². The summed E-state index contributed by atoms with van der Waals surface area (Å²) in [5, 5.41) is 8.15. The molecule has 3 nitrogen and oxygen atoms in total. The SMILES string of the molecule is O=C1CCCC2=C1[C@H](c1cn(Cc3ccc(Cl)cc3)c3ccccc13)Nc1ccc3ccccc3c12. The van der Waals surface area contributed by atoms with Crippen molar-refractivity contribution < 1.29 is 4.79 Å². The molecule has 2 heterocycles. The van der Waals surface area contributed by atoms with Gasteiger partial charge in [-0.2, -0.15) is 0 Å². The fourth-order valence-electron chi connectivity index (χ4n) is 6.06. The molecule has 1 aliphatic heterocycles. The molecule has 0 saturated heterocycles. The lowest BCUT2D eigenvalue weighted by Crippen LogP contribution is -2.27. The molecule has 176 valence electrons. The third-order valence-electron chi connectivity index (χ3n) is 7.67. The molecule has 5 aromatic rings. The standard InChI is InChI=1S/C32H25ClN2O/c33-22-15-12-20(13-16-22)18-35-19-26(24-8-3-4-10-28(24)35)32-31-25(9-5-11-29(31)36)30-23-7-2-1-6-21(23)14-17-27(30)34-32/h1-4,6-8,10,12-17,19,32,34H,5,9,11,18H2/t32-/m0/s1. The zero-order chi connectivity index (χ0) is 24.2. The van der Waals surface area contributed by atoms with Gasteiger partial charge < -0.3 is 9.88 Å². The van der Waals surface area contributed by atoms with Crippen molar-refractivity contribution in [2.24, 2.45) is 0 Å². The van der Waals surface area contributed by atoms with Crippen LogP contribution < -0.4 is 5.32 Å². The van der Waals surface area contributed by atoms with Gasteiger partial charge >= 0.3 is 0 Å². The number of hydrogen-bond acceptors (Lipinski definition) is 2. The van der Waals surface area contributed by atoms with Gasteiger partial charge in [0, 0.05) is 57.5 Å². The lowest BCUT2D eigenvalue weighted by atomic mass is 9.77. The molecule has 4 aromatic carbocycles. The summed E-state index contributed by atoms with van der Waals surface area (Å²) in [4.78, 5) is 13.5. The van der Waals surface area contributed by atoms with E-state index < -0.39 is 0 Å². The van der Waals surface area contributed by atoms with Crippen LogP contribution in [0.4, 0.5) is 5.69 Å². The van der Waals surface area contributed by atoms with E-state index >= 15 is 0 Å². The highest BCUT2D eigenvalue weighted by atomic mass is 35.5. The van der Waals surface area contributed by atoms with E-state index in [-0.39, 0.29) is 11.8 Å². The van der Waals surface area contributed by atoms with Crippen LogP contribution >= 0.6 is 11.6 Å². The Bertz CT molecular complexity index is 1690. The minimum atomic E-state index is -0.169. The van der Waals surface area contributed by atoms with Gasteiger partial charge in [-0.1, -0.05) is 72.3 Å². The molecule has 1 atom stereocenters. The van der Waals surface area contributed by atoms with Crippen molar-refractivity contribution in [3.63, 3.8) is 0 Å². The van der Waals surface area contributed by atoms with Crippen molar-refractivity contribution in [2.75, 3.05) is 5.32 Å². The van der Waals surface area contributed by atoms with E-state index in [2.05, 4.69) is 88.9 Å². The molecule has 1 aromatic heterocycles. The molecule has 36 heavy (non-hydrogen) atoms. The van der Waals surface area contributed by atoms with Gasteiger partial charge in [0.1, 0.15) is 0 Å². The lowest BCUT2D eigenvalue weighted by Gasteiger charge is -2.35. The Morgan fingerprint density at radius 2 is 1.64 bits per heavy atom. The first-order chi connectivity index (χ1) is 17.7. The smallest absolute Gasteiger partial charge is 0.161 e. The molecule has 0 radical (unpaired) electrons. The van der Waals surface area contributed by atoms with E-state index in [1.807, 2.05) is 12.1 Å². The van der Waals surface area contributed by atoms with Crippen molar-refractivity contribution in [3.05, 3.63) is 118 Å². The molecular formula is C32H25ClN2O. The van der Waals surface area contributed by atoms with E-state index in [9.17, 15) is 4.79 Å². The second-order valence-corrected chi connectivity index (χ2v) is 10.2. The maximum absolute atomic E-state index is 13.5. The number of anilines is 1. The van der Waals surface area contributed by atoms with Gasteiger partial charge in [-0.3, -0.25) is 4.79 Å². The first-order valence-corrected chi connectivity index (χ1v) is 12.9. The number of nitrogens with one attached hydrogen (secondary N) is 1. The zero-order valence-electron chi connectivity index (χ0n) is 19.8. The van der Waals surface area contributed by atoms with Crippen LogP contribution in [0.3, 0.4) is 0 Å². The number of carbonyl (C=O) groups excluding carboxylic acids is 1. The van der Waals surface area contributed by atoms with E-state index in [1.165, 1.54) is 38.4 Å². The highest BCUT2D eigenvalue weighted by molar-refractivity contribution is 6.30. The van der Waals surface area contributed by atoms with Crippen molar-refractivity contribution in [3.8, 4) is 0 Å². The van der Waals surface area contributed by atoms with Crippen LogP contribution in [-0.2, 0) is 11.3 Å². The number of nitrogens with zero attached hydrogens (tertiary/aromatic N) is 1. The van der Waals surface area contributed by atoms with Gasteiger partial charge in [0.05, 0.1) is 6.04 Å². The number of fused-ring (bicyclic) bond motifs is 5. The Hall–Kier alpha value is -3.82. The molecule has 1 N–H and O–H groups in total. The van der Waals surface area contributed by atoms with Gasteiger partial charge in [0.15, 0.2) is 5.78 Å². The highest BCUT2D eigenvalue weighted by Gasteiger charge is 2.36. The van der Waals surface area contributed by atoms with Gasteiger partial charge in [-0.05, 0) is 59.0 Å². The van der Waals surface area contributed by atoms with Crippen molar-refractivity contribution in [2.45, 2.75) is 31.8 Å². The summed E-state index contributed by atoms with van der Waals surface area (Å²) >= 11 is 6.12. The Labute approximate surface area is 215 Å². The van der Waals surface area contributed by atoms with E-state index in [4.69, 9.17) is 11.6 Å². The number of allylic oxidation sites excluding steroid dienone is 1. The summed E-state index contributed by atoms with van der Waals surface area (Å²) < 4.78 is 2.29. The first kappa shape index (κ1) is 21.5. The molecule has 0 unspecified atom stereocenters. The number of carbonyl (C=O) groups is 1. The largest absolute Gasteiger partial charge is 0.373 e. The number of Topliss-reactive ketones (excluding diaryl/α,β-unsaturated/α-hetero) is 1. The minimum Gasteiger partial charge on any atom is -0.373 e. The molecular weight excluding hydrogens is 464 g/mol. The summed E-state index contributed by atoms with van der Waals surface area (Å²) in [6.45, 7) is 0.742. The van der Waals surface area contributed by atoms with Gasteiger partial charge in [0.2, 0.25) is 0 Å². The monoisotopic (exact) mass is 488 g/mol. The number of rotatable bonds is 3. The molecule has 0 fully saturated rings. The number of hydrogen-bond donors (Lipinski definition) is 1. The summed E-state index contributed by atoms with van der Waals surface area (Å²) in [5.74, 6) is 0.266. The average molecular weight is 489 g/mol. The van der Waals surface area contributed by atoms with Crippen LogP contribution in [0, 0.1) is 0 Å². The fraction of sp³-hybridized carbons (Fsp3) is 0.156. The summed E-state index contributed by atoms with van der Waals surface area (Å²) in [5.41, 5.74) is 7.99. The van der Waals surface area contributed by atoms with Gasteiger partial charge in [-0.25, -0.2) is 0 Å². The minimum absolute atomic E-state index is 0.169. The second kappa shape index (κ2) is 8.39. The second-order valence-electron chi connectivity index (χ2n) is 9.81. The Balaban J connectivity index is 1.42. The Kier molecular flexibility index (Phi) is 5.00. The maximum atomic E-state index is 13.5. The molecule has 0 bridgehead atoms. The van der Waals surface area contributed by atoms with Crippen LogP contribution in [-0.4, -0.2) is 10.4 Å². The molecule has 4 heteroatoms. The molecule has 1 aliphatic carbocycles. The topological polar surface area (TPSA) is 34.0 Å². The number of aromatic nitrogens is 1. The third kappa shape index (κ3) is 3.38. The normalized spacial score (nSPS) is 17.2. The highest BCUT2D eigenvalue weighted by Crippen LogP contribution is 2.49. The van der Waals surface area contributed by atoms with E-state index in [0.29, 0.717) is 6.42 Å². The average Bonchev–Trinajstić information content (AvgIpc) is 3.27. The number of para-hydroxylation sites is 1. The first-order valence-electron chi connectivity index (χ1n) is 12.5. The maximum Gasteiger partial charge on any atom is 0.161 e. The fourth-order valence-corrected chi connectivity index (χ4v) is 6.18. The molecule has 2 aliphatic rings. The van der Waals surface area contributed by atoms with E-state index in [0.717, 1.165) is 41.2 Å². The van der Waals surface area contributed by atoms with Crippen molar-refractivity contribution >= 4 is 50.3 Å². The molecule has 0 spiro atoms. The van der Waals surface area contributed by atoms with Crippen molar-refractivity contribution in [1.29, 1.82) is 0 Å². The zero-order valence-corrected chi connectivity index (χ0v) is 20.6. The van der Waals surface area contributed by atoms with E-state index in [1.54, 1.807) is 0 Å². The van der Waals surface area contributed by atoms with Crippen LogP contribution in [0.2, 0.25) is 5.02 Å². The predicted octanol–water partition coefficient (Wildman–Crippen LogP) is 8.17. The lowest BCUT2D eigenvalue weighted by molar-refractivity contribution is -0.116. The van der Waals surface area contributed by atoms with Crippen molar-refractivity contribution in [1.82, 2.24) is 4.57 Å². The quantitative estimate of drug-likeness (QED) is 0.278. The summed E-state index contributed by atoms with van der Waals surface area (Å²) in [7, 11) is 0. The third-order valence-corrected chi connectivity index (χ3v) is 7.92. The van der Waals surface area contributed by atoms with Crippen LogP contribution in [0.5, 0.6) is 0 Å². The van der Waals surface area contributed by atoms with Crippen LogP contribution in [0.1, 0.15) is 42.0 Å². The summed E-state index contributed by atoms with van der Waals surface area (Å²) in [6, 6.07) is 29.2. The van der Waals surface area contributed by atoms with Gasteiger partial charge in [-0.15, -0.1) is 0 Å². The van der Waals surface area contributed by atoms with Crippen LogP contribution in [0.15, 0.2) is 96.7 Å². The summed E-state index contributed by atoms with van der Waals surface area (Å²) in [6.07, 6.45) is 4.69. The molecule has 7 rings (SSSR count).